The minimum atomic E-state index is -0.880. The van der Waals surface area contributed by atoms with E-state index in [2.05, 4.69) is 20.4 Å². The maximum absolute atomic E-state index is 14.1. The van der Waals surface area contributed by atoms with Gasteiger partial charge in [-0.25, -0.2) is 18.6 Å². The molecule has 0 aliphatic carbocycles. The van der Waals surface area contributed by atoms with Crippen molar-refractivity contribution in [3.8, 4) is 11.4 Å². The van der Waals surface area contributed by atoms with Gasteiger partial charge in [-0.05, 0) is 59.3 Å². The molecule has 1 amide bonds. The van der Waals surface area contributed by atoms with Crippen LogP contribution in [0.4, 0.5) is 19.3 Å². The molecule has 172 valence electrons. The summed E-state index contributed by atoms with van der Waals surface area (Å²) < 4.78 is 33.7. The first-order valence-corrected chi connectivity index (χ1v) is 10.7. The van der Waals surface area contributed by atoms with Gasteiger partial charge in [0.1, 0.15) is 35.5 Å². The molecule has 8 nitrogen and oxygen atoms in total. The molecule has 3 heterocycles. The first-order valence-electron chi connectivity index (χ1n) is 9.98. The van der Waals surface area contributed by atoms with Gasteiger partial charge in [0.25, 0.3) is 0 Å². The SMILES string of the molecule is O=C1O[C@@H](Cn2nnc(-c3ccc(Cl)nc3)n2)[C@H](c2cc(F)cc(F)c2)N1c1ccc(Cl)cc1. The van der Waals surface area contributed by atoms with Crippen molar-refractivity contribution in [2.24, 2.45) is 0 Å². The number of benzene rings is 2. The highest BCUT2D eigenvalue weighted by Gasteiger charge is 2.44. The van der Waals surface area contributed by atoms with Crippen LogP contribution in [0.1, 0.15) is 11.6 Å². The van der Waals surface area contributed by atoms with E-state index in [0.717, 1.165) is 18.2 Å². The average molecular weight is 503 g/mol. The van der Waals surface area contributed by atoms with Crippen LogP contribution in [-0.2, 0) is 11.3 Å². The highest BCUT2D eigenvalue weighted by molar-refractivity contribution is 6.30. The van der Waals surface area contributed by atoms with Crippen molar-refractivity contribution in [1.29, 1.82) is 0 Å². The lowest BCUT2D eigenvalue weighted by Crippen LogP contribution is -2.31. The van der Waals surface area contributed by atoms with Gasteiger partial charge in [-0.15, -0.1) is 10.2 Å². The molecule has 4 aromatic rings. The molecule has 1 fully saturated rings. The van der Waals surface area contributed by atoms with Crippen LogP contribution in [0, 0.1) is 11.6 Å². The predicted molar refractivity (Wildman–Crippen MR) is 119 cm³/mol. The smallest absolute Gasteiger partial charge is 0.415 e. The summed E-state index contributed by atoms with van der Waals surface area (Å²) in [6.07, 6.45) is -0.0705. The number of cyclic esters (lactones) is 1. The van der Waals surface area contributed by atoms with E-state index >= 15 is 0 Å². The lowest BCUT2D eigenvalue weighted by molar-refractivity contribution is 0.114. The highest BCUT2D eigenvalue weighted by atomic mass is 35.5. The van der Waals surface area contributed by atoms with Gasteiger partial charge < -0.3 is 4.74 Å². The van der Waals surface area contributed by atoms with E-state index in [4.69, 9.17) is 27.9 Å². The molecule has 0 radical (unpaired) electrons. The number of amides is 1. The second-order valence-corrected chi connectivity index (χ2v) is 8.28. The largest absolute Gasteiger partial charge is 0.441 e. The van der Waals surface area contributed by atoms with Gasteiger partial charge in [-0.3, -0.25) is 4.90 Å². The van der Waals surface area contributed by atoms with Gasteiger partial charge in [-0.1, -0.05) is 23.2 Å². The molecule has 2 atom stereocenters. The molecule has 34 heavy (non-hydrogen) atoms. The fourth-order valence-electron chi connectivity index (χ4n) is 3.75. The van der Waals surface area contributed by atoms with Crippen molar-refractivity contribution in [3.63, 3.8) is 0 Å². The van der Waals surface area contributed by atoms with E-state index in [1.807, 2.05) is 0 Å². The maximum Gasteiger partial charge on any atom is 0.415 e. The Balaban J connectivity index is 1.49. The fraction of sp³-hybridized carbons (Fsp3) is 0.136. The third kappa shape index (κ3) is 4.42. The second kappa shape index (κ2) is 8.96. The first-order chi connectivity index (χ1) is 16.4. The predicted octanol–water partition coefficient (Wildman–Crippen LogP) is 5.09. The number of nitrogens with zero attached hydrogens (tertiary/aromatic N) is 6. The van der Waals surface area contributed by atoms with Crippen molar-refractivity contribution in [2.45, 2.75) is 18.7 Å². The summed E-state index contributed by atoms with van der Waals surface area (Å²) in [5, 5.41) is 13.1. The molecule has 2 aromatic carbocycles. The van der Waals surface area contributed by atoms with Crippen LogP contribution in [0.15, 0.2) is 60.8 Å². The normalized spacial score (nSPS) is 17.8. The van der Waals surface area contributed by atoms with Crippen molar-refractivity contribution in [3.05, 3.63) is 88.2 Å². The van der Waals surface area contributed by atoms with Crippen LogP contribution in [0.2, 0.25) is 10.2 Å². The standard InChI is InChI=1S/C22H14Cl2F2N6O2/c23-14-2-4-17(5-3-14)32-20(13-7-15(25)9-16(26)8-13)18(34-22(32)33)11-31-29-21(28-30-31)12-1-6-19(24)27-10-12/h1-10,18,20H,11H2/t18-,20-/m0/s1. The summed E-state index contributed by atoms with van der Waals surface area (Å²) in [6, 6.07) is 11.9. The number of tetrazole rings is 1. The quantitative estimate of drug-likeness (QED) is 0.353. The van der Waals surface area contributed by atoms with Gasteiger partial charge in [0.15, 0.2) is 0 Å². The Morgan fingerprint density at radius 3 is 2.41 bits per heavy atom. The van der Waals surface area contributed by atoms with Gasteiger partial charge in [0.2, 0.25) is 5.82 Å². The van der Waals surface area contributed by atoms with Crippen LogP contribution in [-0.4, -0.2) is 37.4 Å². The Bertz CT molecular complexity index is 1330. The zero-order valence-corrected chi connectivity index (χ0v) is 18.7. The monoisotopic (exact) mass is 502 g/mol. The van der Waals surface area contributed by atoms with Crippen molar-refractivity contribution >= 4 is 35.0 Å². The minimum absolute atomic E-state index is 0.0212. The summed E-state index contributed by atoms with van der Waals surface area (Å²) in [5.41, 5.74) is 1.25. The number of anilines is 1. The fourth-order valence-corrected chi connectivity index (χ4v) is 3.99. The van der Waals surface area contributed by atoms with E-state index < -0.39 is 29.9 Å². The van der Waals surface area contributed by atoms with Gasteiger partial charge in [0.05, 0.1) is 0 Å². The number of halogens is 4. The Kier molecular flexibility index (Phi) is 5.84. The topological polar surface area (TPSA) is 86.0 Å². The average Bonchev–Trinajstić information content (AvgIpc) is 3.38. The minimum Gasteiger partial charge on any atom is -0.441 e. The third-order valence-electron chi connectivity index (χ3n) is 5.19. The number of ether oxygens (including phenoxy) is 1. The van der Waals surface area contributed by atoms with Crippen LogP contribution >= 0.6 is 23.2 Å². The zero-order chi connectivity index (χ0) is 23.8. The Hall–Kier alpha value is -3.63. The number of carbonyl (C=O) groups is 1. The van der Waals surface area contributed by atoms with Crippen LogP contribution in [0.3, 0.4) is 0 Å². The molecular weight excluding hydrogens is 489 g/mol. The summed E-state index contributed by atoms with van der Waals surface area (Å²) in [4.78, 5) is 19.4. The Morgan fingerprint density at radius 2 is 1.74 bits per heavy atom. The molecule has 2 aromatic heterocycles. The van der Waals surface area contributed by atoms with E-state index in [1.54, 1.807) is 36.4 Å². The number of pyridine rings is 1. The summed E-state index contributed by atoms with van der Waals surface area (Å²) in [5.74, 6) is -1.27. The number of hydrogen-bond acceptors (Lipinski definition) is 6. The zero-order valence-electron chi connectivity index (χ0n) is 17.1. The lowest BCUT2D eigenvalue weighted by Gasteiger charge is -2.25. The summed E-state index contributed by atoms with van der Waals surface area (Å²) in [7, 11) is 0. The lowest BCUT2D eigenvalue weighted by atomic mass is 9.99. The van der Waals surface area contributed by atoms with E-state index in [-0.39, 0.29) is 17.9 Å². The van der Waals surface area contributed by atoms with E-state index in [1.165, 1.54) is 15.9 Å². The number of aromatic nitrogens is 5. The van der Waals surface area contributed by atoms with Crippen molar-refractivity contribution in [1.82, 2.24) is 25.2 Å². The summed E-state index contributed by atoms with van der Waals surface area (Å²) in [6.45, 7) is -0.0212. The molecule has 0 bridgehead atoms. The molecule has 1 saturated heterocycles. The highest BCUT2D eigenvalue weighted by Crippen LogP contribution is 2.39. The second-order valence-electron chi connectivity index (χ2n) is 7.45. The van der Waals surface area contributed by atoms with Crippen molar-refractivity contribution < 1.29 is 18.3 Å². The van der Waals surface area contributed by atoms with Gasteiger partial charge >= 0.3 is 6.09 Å². The van der Waals surface area contributed by atoms with Crippen LogP contribution < -0.4 is 4.90 Å². The number of hydrogen-bond donors (Lipinski definition) is 0. The Morgan fingerprint density at radius 1 is 1.00 bits per heavy atom. The molecule has 0 unspecified atom stereocenters. The number of carbonyl (C=O) groups excluding carboxylic acids is 1. The number of rotatable bonds is 5. The van der Waals surface area contributed by atoms with Crippen LogP contribution in [0.25, 0.3) is 11.4 Å². The Labute approximate surface area is 201 Å². The molecule has 1 aliphatic heterocycles. The molecule has 0 saturated carbocycles. The van der Waals surface area contributed by atoms with Gasteiger partial charge in [0, 0.05) is 28.5 Å². The van der Waals surface area contributed by atoms with Crippen molar-refractivity contribution in [2.75, 3.05) is 4.90 Å². The molecular formula is C22H14Cl2F2N6O2. The first kappa shape index (κ1) is 22.2. The molecule has 0 spiro atoms. The third-order valence-corrected chi connectivity index (χ3v) is 5.67. The maximum atomic E-state index is 14.1. The van der Waals surface area contributed by atoms with E-state index in [0.29, 0.717) is 21.4 Å². The molecule has 0 N–H and O–H groups in total. The molecule has 1 aliphatic rings. The molecule has 5 rings (SSSR count). The molecule has 12 heteroatoms. The summed E-state index contributed by atoms with van der Waals surface area (Å²) >= 11 is 11.8. The van der Waals surface area contributed by atoms with E-state index in [9.17, 15) is 13.6 Å². The van der Waals surface area contributed by atoms with Gasteiger partial charge in [-0.2, -0.15) is 4.80 Å². The van der Waals surface area contributed by atoms with Crippen LogP contribution in [0.5, 0.6) is 0 Å².